The van der Waals surface area contributed by atoms with Gasteiger partial charge in [0.25, 0.3) is 0 Å². The molecule has 4 heterocycles. The van der Waals surface area contributed by atoms with Gasteiger partial charge in [0.05, 0.1) is 6.26 Å². The van der Waals surface area contributed by atoms with Crippen LogP contribution in [-0.2, 0) is 6.54 Å². The molecule has 3 aromatic heterocycles. The highest BCUT2D eigenvalue weighted by molar-refractivity contribution is 5.61. The van der Waals surface area contributed by atoms with Crippen LogP contribution in [-0.4, -0.2) is 43.6 Å². The van der Waals surface area contributed by atoms with Gasteiger partial charge in [0.2, 0.25) is 11.9 Å². The highest BCUT2D eigenvalue weighted by atomic mass is 16.3. The van der Waals surface area contributed by atoms with Crippen LogP contribution in [0.2, 0.25) is 0 Å². The fraction of sp³-hybridized carbons (Fsp3) is 0.250. The number of nitrogens with zero attached hydrogens (tertiary/aromatic N) is 5. The Hall–Kier alpha value is -3.39. The smallest absolute Gasteiger partial charge is 0.228 e. The second-order valence-corrected chi connectivity index (χ2v) is 7.03. The zero-order valence-corrected chi connectivity index (χ0v) is 15.3. The Morgan fingerprint density at radius 1 is 1.14 bits per heavy atom. The number of fused-ring (bicyclic) bond motifs is 1. The number of anilines is 2. The molecule has 1 aromatic carbocycles. The summed E-state index contributed by atoms with van der Waals surface area (Å²) in [5, 5.41) is 7.85. The number of nitrogen functional groups attached to an aromatic ring is 1. The summed E-state index contributed by atoms with van der Waals surface area (Å²) in [7, 11) is 0. The third kappa shape index (κ3) is 3.29. The number of nitrogens with one attached hydrogen (secondary N) is 1. The van der Waals surface area contributed by atoms with Gasteiger partial charge in [0.15, 0.2) is 11.4 Å². The van der Waals surface area contributed by atoms with Crippen molar-refractivity contribution in [2.75, 3.05) is 24.1 Å². The number of hydrogen-bond donors (Lipinski definition) is 2. The maximum atomic E-state index is 6.10. The summed E-state index contributed by atoms with van der Waals surface area (Å²) in [6.45, 7) is 2.94. The van der Waals surface area contributed by atoms with Crippen LogP contribution < -0.4 is 11.1 Å². The predicted octanol–water partition coefficient (Wildman–Crippen LogP) is 2.65. The largest absolute Gasteiger partial charge is 0.463 e. The van der Waals surface area contributed by atoms with Crippen LogP contribution in [0.25, 0.3) is 17.1 Å². The summed E-state index contributed by atoms with van der Waals surface area (Å²) in [4.78, 5) is 11.4. The van der Waals surface area contributed by atoms with Crippen LogP contribution >= 0.6 is 0 Å². The fourth-order valence-corrected chi connectivity index (χ4v) is 3.64. The van der Waals surface area contributed by atoms with E-state index in [2.05, 4.69) is 49.5 Å². The third-order valence-corrected chi connectivity index (χ3v) is 4.98. The molecule has 0 spiro atoms. The Bertz CT molecular complexity index is 1070. The quantitative estimate of drug-likeness (QED) is 0.553. The van der Waals surface area contributed by atoms with Gasteiger partial charge in [-0.25, -0.2) is 0 Å². The topological polar surface area (TPSA) is 97.5 Å². The minimum Gasteiger partial charge on any atom is -0.463 e. The van der Waals surface area contributed by atoms with Crippen LogP contribution in [0.4, 0.5) is 11.9 Å². The molecule has 4 aromatic rings. The summed E-state index contributed by atoms with van der Waals surface area (Å²) in [6, 6.07) is 16.3. The predicted molar refractivity (Wildman–Crippen MR) is 107 cm³/mol. The van der Waals surface area contributed by atoms with Gasteiger partial charge in [0.1, 0.15) is 5.69 Å². The van der Waals surface area contributed by atoms with Crippen LogP contribution in [0, 0.1) is 0 Å². The molecule has 0 saturated carbocycles. The van der Waals surface area contributed by atoms with Crippen LogP contribution in [0.15, 0.2) is 59.2 Å². The Balaban J connectivity index is 1.30. The van der Waals surface area contributed by atoms with Gasteiger partial charge in [-0.15, -0.1) is 0 Å². The first-order chi connectivity index (χ1) is 13.7. The average molecular weight is 375 g/mol. The minimum atomic E-state index is 0.290. The molecule has 8 nitrogen and oxygen atoms in total. The lowest BCUT2D eigenvalue weighted by Crippen LogP contribution is -2.27. The molecule has 3 N–H and O–H groups in total. The molecular formula is C20H21N7O. The molecule has 28 heavy (non-hydrogen) atoms. The molecule has 1 aliphatic rings. The lowest BCUT2D eigenvalue weighted by Gasteiger charge is -2.17. The molecule has 8 heteroatoms. The lowest BCUT2D eigenvalue weighted by molar-refractivity contribution is 0.328. The van der Waals surface area contributed by atoms with Crippen molar-refractivity contribution in [3.63, 3.8) is 0 Å². The van der Waals surface area contributed by atoms with E-state index in [0.717, 1.165) is 26.1 Å². The van der Waals surface area contributed by atoms with Crippen molar-refractivity contribution in [1.82, 2.24) is 24.5 Å². The third-order valence-electron chi connectivity index (χ3n) is 4.98. The van der Waals surface area contributed by atoms with Crippen molar-refractivity contribution in [2.24, 2.45) is 0 Å². The normalized spacial score (nSPS) is 17.4. The summed E-state index contributed by atoms with van der Waals surface area (Å²) in [5.74, 6) is 1.50. The Kier molecular flexibility index (Phi) is 4.17. The molecule has 1 atom stereocenters. The van der Waals surface area contributed by atoms with Gasteiger partial charge >= 0.3 is 0 Å². The van der Waals surface area contributed by atoms with Crippen molar-refractivity contribution in [2.45, 2.75) is 19.0 Å². The molecule has 0 radical (unpaired) electrons. The van der Waals surface area contributed by atoms with Gasteiger partial charge < -0.3 is 15.5 Å². The van der Waals surface area contributed by atoms with Gasteiger partial charge in [-0.1, -0.05) is 30.3 Å². The average Bonchev–Trinajstić information content (AvgIpc) is 3.43. The maximum absolute atomic E-state index is 6.10. The maximum Gasteiger partial charge on any atom is 0.228 e. The zero-order chi connectivity index (χ0) is 18.9. The number of furan rings is 1. The van der Waals surface area contributed by atoms with Crippen molar-refractivity contribution >= 4 is 17.5 Å². The van der Waals surface area contributed by atoms with Gasteiger partial charge in [-0.05, 0) is 24.1 Å². The number of nitrogens with two attached hydrogens (primary N) is 1. The molecule has 0 aliphatic carbocycles. The second kappa shape index (κ2) is 6.97. The van der Waals surface area contributed by atoms with E-state index in [4.69, 9.17) is 10.2 Å². The summed E-state index contributed by atoms with van der Waals surface area (Å²) in [6.07, 6.45) is 2.65. The molecule has 0 amide bonds. The standard InChI is InChI=1S/C20H21N7O/c21-19-24-20(23-18-11-16(25-27(18)19)17-7-4-10-28-17)22-15-8-9-26(13-15)12-14-5-2-1-3-6-14/h1-7,10-11,15H,8-9,12-13H2,(H3,21,22,23,24)/t15-/m1/s1. The second-order valence-electron chi connectivity index (χ2n) is 7.03. The molecule has 5 rings (SSSR count). The Morgan fingerprint density at radius 2 is 2.04 bits per heavy atom. The first-order valence-corrected chi connectivity index (χ1v) is 9.34. The van der Waals surface area contributed by atoms with E-state index in [1.807, 2.05) is 24.3 Å². The molecule has 0 bridgehead atoms. The van der Waals surface area contributed by atoms with E-state index in [9.17, 15) is 0 Å². The van der Waals surface area contributed by atoms with E-state index in [1.54, 1.807) is 6.26 Å². The van der Waals surface area contributed by atoms with Crippen molar-refractivity contribution in [3.8, 4) is 11.5 Å². The van der Waals surface area contributed by atoms with Gasteiger partial charge in [-0.3, -0.25) is 4.90 Å². The minimum absolute atomic E-state index is 0.290. The number of hydrogen-bond acceptors (Lipinski definition) is 7. The van der Waals surface area contributed by atoms with E-state index in [1.165, 1.54) is 10.1 Å². The summed E-state index contributed by atoms with van der Waals surface area (Å²) < 4.78 is 6.93. The zero-order valence-electron chi connectivity index (χ0n) is 15.3. The van der Waals surface area contributed by atoms with Gasteiger partial charge in [0, 0.05) is 31.7 Å². The molecule has 1 fully saturated rings. The molecular weight excluding hydrogens is 354 g/mol. The van der Waals surface area contributed by atoms with Gasteiger partial charge in [-0.2, -0.15) is 19.6 Å². The van der Waals surface area contributed by atoms with Crippen LogP contribution in [0.1, 0.15) is 12.0 Å². The van der Waals surface area contributed by atoms with Crippen LogP contribution in [0.5, 0.6) is 0 Å². The SMILES string of the molecule is Nc1nc(N[C@@H]2CCN(Cc3ccccc3)C2)nc2cc(-c3ccco3)nn12. The number of benzene rings is 1. The summed E-state index contributed by atoms with van der Waals surface area (Å²) >= 11 is 0. The first kappa shape index (κ1) is 16.8. The highest BCUT2D eigenvalue weighted by Crippen LogP contribution is 2.22. The van der Waals surface area contributed by atoms with E-state index in [0.29, 0.717) is 29.0 Å². The molecule has 1 aliphatic heterocycles. The Morgan fingerprint density at radius 3 is 2.86 bits per heavy atom. The van der Waals surface area contributed by atoms with E-state index in [-0.39, 0.29) is 6.04 Å². The number of rotatable bonds is 5. The summed E-state index contributed by atoms with van der Waals surface area (Å²) in [5.41, 5.74) is 8.74. The molecule has 0 unspecified atom stereocenters. The first-order valence-electron chi connectivity index (χ1n) is 9.34. The number of aromatic nitrogens is 4. The molecule has 142 valence electrons. The van der Waals surface area contributed by atoms with Crippen molar-refractivity contribution in [1.29, 1.82) is 0 Å². The lowest BCUT2D eigenvalue weighted by atomic mass is 10.2. The van der Waals surface area contributed by atoms with E-state index >= 15 is 0 Å². The monoisotopic (exact) mass is 375 g/mol. The number of likely N-dealkylation sites (tertiary alicyclic amines) is 1. The Labute approximate surface area is 162 Å². The molecule has 1 saturated heterocycles. The van der Waals surface area contributed by atoms with Crippen molar-refractivity contribution in [3.05, 3.63) is 60.4 Å². The van der Waals surface area contributed by atoms with Crippen LogP contribution in [0.3, 0.4) is 0 Å². The van der Waals surface area contributed by atoms with E-state index < -0.39 is 0 Å². The van der Waals surface area contributed by atoms with Crippen molar-refractivity contribution < 1.29 is 4.42 Å². The fourth-order valence-electron chi connectivity index (χ4n) is 3.64. The highest BCUT2D eigenvalue weighted by Gasteiger charge is 2.23.